The highest BCUT2D eigenvalue weighted by Gasteiger charge is 2.57. The van der Waals surface area contributed by atoms with Crippen LogP contribution in [0, 0.1) is 5.92 Å². The zero-order valence-electron chi connectivity index (χ0n) is 7.83. The first kappa shape index (κ1) is 11.5. The molecule has 1 nitrogen and oxygen atoms in total. The van der Waals surface area contributed by atoms with Crippen LogP contribution >= 0.6 is 0 Å². The van der Waals surface area contributed by atoms with Gasteiger partial charge in [0.15, 0.2) is 0 Å². The van der Waals surface area contributed by atoms with Gasteiger partial charge in [0.2, 0.25) is 5.67 Å². The molecule has 0 amide bonds. The Kier molecular flexibility index (Phi) is 2.88. The van der Waals surface area contributed by atoms with Crippen molar-refractivity contribution in [2.75, 3.05) is 0 Å². The first-order chi connectivity index (χ1) is 6.26. The standard InChI is InChI=1S/C9H12F4O/c1-6(14)7-3-2-4-8(10,5-7)9(11,12)13/h7H,2-5H2,1H3. The summed E-state index contributed by atoms with van der Waals surface area (Å²) in [6, 6.07) is 0. The van der Waals surface area contributed by atoms with E-state index in [0.29, 0.717) is 6.42 Å². The molecule has 14 heavy (non-hydrogen) atoms. The van der Waals surface area contributed by atoms with Crippen molar-refractivity contribution in [1.82, 2.24) is 0 Å². The molecular formula is C9H12F4O. The highest BCUT2D eigenvalue weighted by Crippen LogP contribution is 2.46. The molecule has 1 aliphatic carbocycles. The maximum absolute atomic E-state index is 13.4. The average Bonchev–Trinajstić information content (AvgIpc) is 2.02. The summed E-state index contributed by atoms with van der Waals surface area (Å²) in [6.45, 7) is 1.22. The highest BCUT2D eigenvalue weighted by atomic mass is 19.4. The summed E-state index contributed by atoms with van der Waals surface area (Å²) in [5, 5.41) is 0. The van der Waals surface area contributed by atoms with Gasteiger partial charge >= 0.3 is 6.18 Å². The van der Waals surface area contributed by atoms with Crippen molar-refractivity contribution in [2.45, 2.75) is 44.5 Å². The predicted molar refractivity (Wildman–Crippen MR) is 42.5 cm³/mol. The van der Waals surface area contributed by atoms with Gasteiger partial charge in [-0.1, -0.05) is 0 Å². The van der Waals surface area contributed by atoms with E-state index in [9.17, 15) is 22.4 Å². The Labute approximate surface area is 79.5 Å². The molecule has 2 unspecified atom stereocenters. The van der Waals surface area contributed by atoms with Crippen LogP contribution in [0.3, 0.4) is 0 Å². The van der Waals surface area contributed by atoms with E-state index < -0.39 is 30.6 Å². The molecule has 2 atom stereocenters. The topological polar surface area (TPSA) is 17.1 Å². The molecule has 0 heterocycles. The highest BCUT2D eigenvalue weighted by molar-refractivity contribution is 5.78. The molecule has 5 heteroatoms. The normalized spacial score (nSPS) is 34.2. The van der Waals surface area contributed by atoms with Crippen molar-refractivity contribution >= 4 is 5.78 Å². The minimum Gasteiger partial charge on any atom is -0.300 e. The number of carbonyl (C=O) groups excluding carboxylic acids is 1. The summed E-state index contributed by atoms with van der Waals surface area (Å²) >= 11 is 0. The van der Waals surface area contributed by atoms with Crippen LogP contribution in [0.2, 0.25) is 0 Å². The molecule has 0 aromatic heterocycles. The fourth-order valence-corrected chi connectivity index (χ4v) is 1.83. The van der Waals surface area contributed by atoms with Crippen LogP contribution in [0.5, 0.6) is 0 Å². The van der Waals surface area contributed by atoms with Gasteiger partial charge in [-0.3, -0.25) is 4.79 Å². The lowest BCUT2D eigenvalue weighted by Crippen LogP contribution is -2.45. The summed E-state index contributed by atoms with van der Waals surface area (Å²) in [7, 11) is 0. The summed E-state index contributed by atoms with van der Waals surface area (Å²) < 4.78 is 50.2. The van der Waals surface area contributed by atoms with Gasteiger partial charge in [0.25, 0.3) is 0 Å². The van der Waals surface area contributed by atoms with Gasteiger partial charge in [0.05, 0.1) is 0 Å². The minimum absolute atomic E-state index is 0.125. The van der Waals surface area contributed by atoms with E-state index in [4.69, 9.17) is 0 Å². The van der Waals surface area contributed by atoms with Gasteiger partial charge in [-0.15, -0.1) is 0 Å². The predicted octanol–water partition coefficient (Wildman–Crippen LogP) is 3.04. The maximum Gasteiger partial charge on any atom is 0.422 e. The van der Waals surface area contributed by atoms with Gasteiger partial charge in [-0.25, -0.2) is 4.39 Å². The second-order valence-electron chi connectivity index (χ2n) is 3.87. The number of carbonyl (C=O) groups is 1. The third-order valence-corrected chi connectivity index (χ3v) is 2.78. The smallest absolute Gasteiger partial charge is 0.300 e. The molecule has 0 saturated heterocycles. The lowest BCUT2D eigenvalue weighted by atomic mass is 9.77. The number of rotatable bonds is 1. The monoisotopic (exact) mass is 212 g/mol. The Hall–Kier alpha value is -0.610. The van der Waals surface area contributed by atoms with E-state index in [1.54, 1.807) is 0 Å². The van der Waals surface area contributed by atoms with E-state index in [1.807, 2.05) is 0 Å². The zero-order chi connectivity index (χ0) is 11.0. The number of hydrogen-bond donors (Lipinski definition) is 0. The fraction of sp³-hybridized carbons (Fsp3) is 0.889. The van der Waals surface area contributed by atoms with E-state index in [0.717, 1.165) is 0 Å². The summed E-state index contributed by atoms with van der Waals surface area (Å²) in [5.41, 5.74) is -3.15. The van der Waals surface area contributed by atoms with Crippen LogP contribution in [0.15, 0.2) is 0 Å². The molecule has 0 radical (unpaired) electrons. The van der Waals surface area contributed by atoms with Gasteiger partial charge in [0, 0.05) is 12.3 Å². The summed E-state index contributed by atoms with van der Waals surface area (Å²) in [4.78, 5) is 10.9. The SMILES string of the molecule is CC(=O)C1CCCC(F)(C(F)(F)F)C1. The van der Waals surface area contributed by atoms with Crippen LogP contribution in [0.1, 0.15) is 32.6 Å². The van der Waals surface area contributed by atoms with Crippen molar-refractivity contribution in [1.29, 1.82) is 0 Å². The van der Waals surface area contributed by atoms with Crippen LogP contribution in [-0.4, -0.2) is 17.6 Å². The van der Waals surface area contributed by atoms with Crippen molar-refractivity contribution < 1.29 is 22.4 Å². The first-order valence-corrected chi connectivity index (χ1v) is 4.52. The van der Waals surface area contributed by atoms with Gasteiger partial charge in [0.1, 0.15) is 5.78 Å². The molecule has 1 saturated carbocycles. The molecule has 0 N–H and O–H groups in total. The van der Waals surface area contributed by atoms with Crippen LogP contribution < -0.4 is 0 Å². The zero-order valence-corrected chi connectivity index (χ0v) is 7.83. The van der Waals surface area contributed by atoms with Crippen LogP contribution in [0.25, 0.3) is 0 Å². The van der Waals surface area contributed by atoms with E-state index in [2.05, 4.69) is 0 Å². The fourth-order valence-electron chi connectivity index (χ4n) is 1.83. The second-order valence-corrected chi connectivity index (χ2v) is 3.87. The van der Waals surface area contributed by atoms with Gasteiger partial charge in [-0.05, 0) is 26.2 Å². The molecule has 0 aromatic rings. The Morgan fingerprint density at radius 3 is 2.43 bits per heavy atom. The molecule has 1 rings (SSSR count). The third-order valence-electron chi connectivity index (χ3n) is 2.78. The number of hydrogen-bond acceptors (Lipinski definition) is 1. The Bertz CT molecular complexity index is 235. The average molecular weight is 212 g/mol. The Morgan fingerprint density at radius 2 is 2.00 bits per heavy atom. The van der Waals surface area contributed by atoms with Crippen LogP contribution in [0.4, 0.5) is 17.6 Å². The molecule has 0 spiro atoms. The first-order valence-electron chi connectivity index (χ1n) is 4.52. The second kappa shape index (κ2) is 3.51. The Balaban J connectivity index is 2.77. The molecule has 0 bridgehead atoms. The molecular weight excluding hydrogens is 200 g/mol. The van der Waals surface area contributed by atoms with Gasteiger partial charge in [-0.2, -0.15) is 13.2 Å². The summed E-state index contributed by atoms with van der Waals surface area (Å²) in [5.74, 6) is -1.12. The van der Waals surface area contributed by atoms with Crippen molar-refractivity contribution in [3.8, 4) is 0 Å². The third kappa shape index (κ3) is 2.07. The number of alkyl halides is 4. The van der Waals surface area contributed by atoms with Crippen molar-refractivity contribution in [3.05, 3.63) is 0 Å². The lowest BCUT2D eigenvalue weighted by molar-refractivity contribution is -0.243. The quantitative estimate of drug-likeness (QED) is 0.610. The molecule has 82 valence electrons. The van der Waals surface area contributed by atoms with E-state index in [-0.39, 0.29) is 12.2 Å². The van der Waals surface area contributed by atoms with Gasteiger partial charge < -0.3 is 0 Å². The molecule has 1 fully saturated rings. The molecule has 1 aliphatic rings. The summed E-state index contributed by atoms with van der Waals surface area (Å²) in [6.07, 6.45) is -5.56. The largest absolute Gasteiger partial charge is 0.422 e. The van der Waals surface area contributed by atoms with Crippen LogP contribution in [-0.2, 0) is 4.79 Å². The lowest BCUT2D eigenvalue weighted by Gasteiger charge is -2.34. The maximum atomic E-state index is 13.4. The molecule has 0 aliphatic heterocycles. The van der Waals surface area contributed by atoms with E-state index in [1.165, 1.54) is 6.92 Å². The molecule has 0 aromatic carbocycles. The van der Waals surface area contributed by atoms with E-state index >= 15 is 0 Å². The van der Waals surface area contributed by atoms with Crippen molar-refractivity contribution in [3.63, 3.8) is 0 Å². The number of Topliss-reactive ketones (excluding diaryl/α,β-unsaturated/α-hetero) is 1. The number of halogens is 4. The number of ketones is 1. The minimum atomic E-state index is -4.85. The Morgan fingerprint density at radius 1 is 1.43 bits per heavy atom. The van der Waals surface area contributed by atoms with Crippen molar-refractivity contribution in [2.24, 2.45) is 5.92 Å².